The van der Waals surface area contributed by atoms with Crippen LogP contribution in [0.1, 0.15) is 38.3 Å². The van der Waals surface area contributed by atoms with E-state index < -0.39 is 0 Å². The van der Waals surface area contributed by atoms with Crippen LogP contribution >= 0.6 is 24.0 Å². The molecule has 0 aliphatic rings. The first-order valence-corrected chi connectivity index (χ1v) is 11.4. The van der Waals surface area contributed by atoms with E-state index in [1.54, 1.807) is 0 Å². The van der Waals surface area contributed by atoms with E-state index in [1.807, 2.05) is 50.2 Å². The average molecular weight is 563 g/mol. The first kappa shape index (κ1) is 26.6. The number of aromatic nitrogens is 2. The minimum absolute atomic E-state index is 0. The summed E-state index contributed by atoms with van der Waals surface area (Å²) in [5, 5.41) is 6.51. The Morgan fingerprint density at radius 1 is 1.00 bits per heavy atom. The zero-order valence-electron chi connectivity index (χ0n) is 19.8. The van der Waals surface area contributed by atoms with E-state index in [0.717, 1.165) is 48.7 Å². The van der Waals surface area contributed by atoms with Crippen LogP contribution in [-0.2, 0) is 17.9 Å². The van der Waals surface area contributed by atoms with Crippen molar-refractivity contribution >= 4 is 46.9 Å². The normalized spacial score (nSPS) is 11.2. The number of nitrogens with zero attached hydrogens (tertiary/aromatic N) is 4. The molecule has 8 heteroatoms. The molecular weight excluding hydrogens is 527 g/mol. The highest BCUT2D eigenvalue weighted by Gasteiger charge is 2.09. The molecule has 0 atom stereocenters. The van der Waals surface area contributed by atoms with E-state index >= 15 is 0 Å². The number of carbonyl (C=O) groups excluding carboxylic acids is 1. The van der Waals surface area contributed by atoms with Gasteiger partial charge in [-0.2, -0.15) is 0 Å². The van der Waals surface area contributed by atoms with Crippen LogP contribution in [0, 0.1) is 0 Å². The van der Waals surface area contributed by atoms with E-state index in [-0.39, 0.29) is 29.9 Å². The molecule has 0 bridgehead atoms. The van der Waals surface area contributed by atoms with Gasteiger partial charge in [-0.15, -0.1) is 24.0 Å². The predicted molar refractivity (Wildman–Crippen MR) is 146 cm³/mol. The van der Waals surface area contributed by atoms with Gasteiger partial charge in [0.25, 0.3) is 0 Å². The van der Waals surface area contributed by atoms with E-state index in [4.69, 9.17) is 0 Å². The maximum Gasteiger partial charge on any atom is 0.224 e. The summed E-state index contributed by atoms with van der Waals surface area (Å²) in [6.45, 7) is 10.2. The number of nitrogens with one attached hydrogen (secondary N) is 2. The fourth-order valence-corrected chi connectivity index (χ4v) is 3.62. The van der Waals surface area contributed by atoms with Crippen LogP contribution < -0.4 is 10.6 Å². The minimum Gasteiger partial charge on any atom is -0.357 e. The van der Waals surface area contributed by atoms with E-state index in [2.05, 4.69) is 55.5 Å². The van der Waals surface area contributed by atoms with Crippen molar-refractivity contribution in [3.05, 3.63) is 66.0 Å². The molecule has 2 aromatic carbocycles. The fourth-order valence-electron chi connectivity index (χ4n) is 3.62. The Kier molecular flexibility index (Phi) is 11.2. The molecule has 3 rings (SSSR count). The monoisotopic (exact) mass is 562 g/mol. The van der Waals surface area contributed by atoms with Crippen LogP contribution in [0.15, 0.2) is 59.9 Å². The third-order valence-corrected chi connectivity index (χ3v) is 5.41. The lowest BCUT2D eigenvalue weighted by atomic mass is 10.1. The molecule has 0 radical (unpaired) electrons. The molecule has 1 heterocycles. The molecule has 0 saturated heterocycles. The Hall–Kier alpha value is -2.62. The van der Waals surface area contributed by atoms with Gasteiger partial charge in [0, 0.05) is 39.1 Å². The van der Waals surface area contributed by atoms with E-state index in [1.165, 1.54) is 5.56 Å². The van der Waals surface area contributed by atoms with Crippen LogP contribution in [0.4, 0.5) is 0 Å². The lowest BCUT2D eigenvalue weighted by Gasteiger charge is -2.19. The van der Waals surface area contributed by atoms with Crippen molar-refractivity contribution < 1.29 is 4.79 Å². The van der Waals surface area contributed by atoms with Gasteiger partial charge in [0.05, 0.1) is 23.9 Å². The standard InChI is InChI=1S/C25H34N6O.HI/c1-4-26-25(27-16-15-24(32)30(5-2)6-3)28-17-20-11-13-21(14-12-20)18-31-19-29-22-9-7-8-10-23(22)31;/h7-14,19H,4-6,15-18H2,1-3H3,(H2,26,27,28);1H. The number of fused-ring (bicyclic) bond motifs is 1. The first-order chi connectivity index (χ1) is 15.6. The summed E-state index contributed by atoms with van der Waals surface area (Å²) in [5.41, 5.74) is 4.52. The summed E-state index contributed by atoms with van der Waals surface area (Å²) in [7, 11) is 0. The van der Waals surface area contributed by atoms with Crippen LogP contribution in [0.5, 0.6) is 0 Å². The zero-order valence-corrected chi connectivity index (χ0v) is 22.1. The van der Waals surface area contributed by atoms with Gasteiger partial charge in [0.15, 0.2) is 5.96 Å². The summed E-state index contributed by atoms with van der Waals surface area (Å²) >= 11 is 0. The number of carbonyl (C=O) groups is 1. The lowest BCUT2D eigenvalue weighted by Crippen LogP contribution is -2.40. The molecule has 0 unspecified atom stereocenters. The van der Waals surface area contributed by atoms with Crippen LogP contribution in [-0.4, -0.2) is 52.5 Å². The number of aliphatic imine (C=N–C) groups is 1. The topological polar surface area (TPSA) is 74.5 Å². The smallest absolute Gasteiger partial charge is 0.224 e. The van der Waals surface area contributed by atoms with Crippen molar-refractivity contribution in [1.82, 2.24) is 25.1 Å². The Morgan fingerprint density at radius 3 is 2.39 bits per heavy atom. The third-order valence-electron chi connectivity index (χ3n) is 5.41. The number of hydrogen-bond acceptors (Lipinski definition) is 3. The highest BCUT2D eigenvalue weighted by molar-refractivity contribution is 14.0. The number of hydrogen-bond donors (Lipinski definition) is 2. The zero-order chi connectivity index (χ0) is 22.8. The second-order valence-electron chi connectivity index (χ2n) is 7.62. The van der Waals surface area contributed by atoms with Gasteiger partial charge < -0.3 is 20.1 Å². The molecule has 0 aliphatic carbocycles. The van der Waals surface area contributed by atoms with Crippen molar-refractivity contribution in [3.63, 3.8) is 0 Å². The molecule has 7 nitrogen and oxygen atoms in total. The second-order valence-corrected chi connectivity index (χ2v) is 7.62. The van der Waals surface area contributed by atoms with Crippen LogP contribution in [0.3, 0.4) is 0 Å². The largest absolute Gasteiger partial charge is 0.357 e. The number of benzene rings is 2. The molecule has 178 valence electrons. The quantitative estimate of drug-likeness (QED) is 0.223. The lowest BCUT2D eigenvalue weighted by molar-refractivity contribution is -0.130. The van der Waals surface area contributed by atoms with Gasteiger partial charge in [-0.3, -0.25) is 4.79 Å². The highest BCUT2D eigenvalue weighted by Crippen LogP contribution is 2.14. The molecular formula is C25H35IN6O. The highest BCUT2D eigenvalue weighted by atomic mass is 127. The summed E-state index contributed by atoms with van der Waals surface area (Å²) in [5.74, 6) is 0.897. The SMILES string of the molecule is CCNC(=NCc1ccc(Cn2cnc3ccccc32)cc1)NCCC(=O)N(CC)CC.I. The Labute approximate surface area is 213 Å². The number of rotatable bonds is 10. The summed E-state index contributed by atoms with van der Waals surface area (Å²) in [6.07, 6.45) is 2.35. The minimum atomic E-state index is 0. The maximum absolute atomic E-state index is 12.2. The van der Waals surface area contributed by atoms with Crippen molar-refractivity contribution in [3.8, 4) is 0 Å². The van der Waals surface area contributed by atoms with Gasteiger partial charge in [0.2, 0.25) is 5.91 Å². The Bertz CT molecular complexity index is 1030. The van der Waals surface area contributed by atoms with Crippen molar-refractivity contribution in [1.29, 1.82) is 0 Å². The van der Waals surface area contributed by atoms with Crippen LogP contribution in [0.25, 0.3) is 11.0 Å². The van der Waals surface area contributed by atoms with Gasteiger partial charge >= 0.3 is 0 Å². The van der Waals surface area contributed by atoms with E-state index in [0.29, 0.717) is 19.5 Å². The Balaban J connectivity index is 0.00000385. The van der Waals surface area contributed by atoms with Gasteiger partial charge in [-0.25, -0.2) is 9.98 Å². The maximum atomic E-state index is 12.2. The van der Waals surface area contributed by atoms with Gasteiger partial charge in [0.1, 0.15) is 0 Å². The van der Waals surface area contributed by atoms with Crippen molar-refractivity contribution in [2.24, 2.45) is 4.99 Å². The summed E-state index contributed by atoms with van der Waals surface area (Å²) in [4.78, 5) is 23.1. The summed E-state index contributed by atoms with van der Waals surface area (Å²) < 4.78 is 2.16. The second kappa shape index (κ2) is 13.8. The molecule has 3 aromatic rings. The molecule has 0 fully saturated rings. The molecule has 2 N–H and O–H groups in total. The summed E-state index contributed by atoms with van der Waals surface area (Å²) in [6, 6.07) is 16.7. The molecule has 0 aliphatic heterocycles. The number of imidazole rings is 1. The number of halogens is 1. The van der Waals surface area contributed by atoms with Crippen LogP contribution in [0.2, 0.25) is 0 Å². The predicted octanol–water partition coefficient (Wildman–Crippen LogP) is 4.02. The molecule has 0 saturated carbocycles. The number of amides is 1. The molecule has 33 heavy (non-hydrogen) atoms. The van der Waals surface area contributed by atoms with Gasteiger partial charge in [-0.05, 0) is 44.0 Å². The Morgan fingerprint density at radius 2 is 1.70 bits per heavy atom. The third kappa shape index (κ3) is 7.73. The average Bonchev–Trinajstić information content (AvgIpc) is 3.22. The van der Waals surface area contributed by atoms with Gasteiger partial charge in [-0.1, -0.05) is 36.4 Å². The number of para-hydroxylation sites is 2. The fraction of sp³-hybridized carbons (Fsp3) is 0.400. The molecule has 1 aromatic heterocycles. The number of guanidine groups is 1. The van der Waals surface area contributed by atoms with E-state index in [9.17, 15) is 4.79 Å². The van der Waals surface area contributed by atoms with Crippen molar-refractivity contribution in [2.45, 2.75) is 40.3 Å². The first-order valence-electron chi connectivity index (χ1n) is 11.4. The molecule has 0 spiro atoms. The van der Waals surface area contributed by atoms with Crippen molar-refractivity contribution in [2.75, 3.05) is 26.2 Å². The molecule has 1 amide bonds.